The Bertz CT molecular complexity index is 755. The first-order chi connectivity index (χ1) is 10.8. The lowest BCUT2D eigenvalue weighted by molar-refractivity contribution is 0.786. The minimum Gasteiger partial charge on any atom is -0.369 e. The predicted molar refractivity (Wildman–Crippen MR) is 91.0 cm³/mol. The van der Waals surface area contributed by atoms with Gasteiger partial charge in [0.05, 0.1) is 11.6 Å². The first kappa shape index (κ1) is 14.8. The summed E-state index contributed by atoms with van der Waals surface area (Å²) in [5, 5.41) is 8.63. The fourth-order valence-electron chi connectivity index (χ4n) is 2.17. The molecule has 22 heavy (non-hydrogen) atoms. The maximum atomic E-state index is 4.66. The zero-order chi connectivity index (χ0) is 15.4. The van der Waals surface area contributed by atoms with Crippen LogP contribution in [0.1, 0.15) is 6.92 Å². The van der Waals surface area contributed by atoms with Crippen LogP contribution in [-0.4, -0.2) is 42.8 Å². The molecule has 0 saturated heterocycles. The second-order valence-corrected chi connectivity index (χ2v) is 6.16. The number of hydrogen-bond acceptors (Lipinski definition) is 6. The summed E-state index contributed by atoms with van der Waals surface area (Å²) < 4.78 is 1.77. The molecule has 0 aliphatic heterocycles. The van der Waals surface area contributed by atoms with Gasteiger partial charge in [-0.1, -0.05) is 6.92 Å². The van der Waals surface area contributed by atoms with Gasteiger partial charge in [-0.3, -0.25) is 9.67 Å². The summed E-state index contributed by atoms with van der Waals surface area (Å²) in [6.07, 6.45) is 5.32. The van der Waals surface area contributed by atoms with E-state index in [-0.39, 0.29) is 0 Å². The number of fused-ring (bicyclic) bond motifs is 1. The molecule has 3 aromatic rings. The molecule has 0 aliphatic rings. The van der Waals surface area contributed by atoms with Gasteiger partial charge < -0.3 is 5.32 Å². The zero-order valence-corrected chi connectivity index (χ0v) is 13.5. The second kappa shape index (κ2) is 6.74. The number of aromatic nitrogens is 5. The number of pyridine rings is 1. The monoisotopic (exact) mass is 314 g/mol. The maximum absolute atomic E-state index is 4.66. The third kappa shape index (κ3) is 3.04. The Morgan fingerprint density at radius 1 is 1.27 bits per heavy atom. The third-order valence-corrected chi connectivity index (χ3v) is 4.16. The van der Waals surface area contributed by atoms with Crippen molar-refractivity contribution in [3.63, 3.8) is 0 Å². The Kier molecular flexibility index (Phi) is 4.53. The molecule has 3 rings (SSSR count). The summed E-state index contributed by atoms with van der Waals surface area (Å²) in [5.41, 5.74) is 1.72. The van der Waals surface area contributed by atoms with Gasteiger partial charge in [-0.25, -0.2) is 9.97 Å². The van der Waals surface area contributed by atoms with E-state index in [9.17, 15) is 0 Å². The molecule has 3 aromatic heterocycles. The molecule has 0 aliphatic carbocycles. The normalized spacial score (nSPS) is 11.0. The highest BCUT2D eigenvalue weighted by Gasteiger charge is 2.12. The second-order valence-electron chi connectivity index (χ2n) is 4.77. The minimum atomic E-state index is 0.662. The predicted octanol–water partition coefficient (Wildman–Crippen LogP) is 2.59. The Hall–Kier alpha value is -2.15. The van der Waals surface area contributed by atoms with Crippen molar-refractivity contribution >= 4 is 28.6 Å². The molecule has 6 nitrogen and oxygen atoms in total. The molecule has 114 valence electrons. The van der Waals surface area contributed by atoms with Crippen LogP contribution in [0.25, 0.3) is 22.4 Å². The van der Waals surface area contributed by atoms with Crippen molar-refractivity contribution in [3.05, 3.63) is 30.7 Å². The quantitative estimate of drug-likeness (QED) is 0.705. The highest BCUT2D eigenvalue weighted by molar-refractivity contribution is 7.99. The number of thioether (sulfide) groups is 1. The fraction of sp³-hybridized carbons (Fsp3) is 0.333. The average molecular weight is 314 g/mol. The van der Waals surface area contributed by atoms with Crippen molar-refractivity contribution < 1.29 is 0 Å². The number of nitrogens with zero attached hydrogens (tertiary/aromatic N) is 5. The molecule has 0 bridgehead atoms. The minimum absolute atomic E-state index is 0.662. The molecule has 0 radical (unpaired) electrons. The molecular formula is C15H18N6S. The number of anilines is 1. The molecule has 3 heterocycles. The van der Waals surface area contributed by atoms with Gasteiger partial charge in [0.2, 0.25) is 0 Å². The van der Waals surface area contributed by atoms with Crippen LogP contribution in [0.5, 0.6) is 0 Å². The van der Waals surface area contributed by atoms with Crippen molar-refractivity contribution in [2.24, 2.45) is 7.05 Å². The first-order valence-corrected chi connectivity index (χ1v) is 8.37. The molecule has 0 unspecified atom stereocenters. The molecule has 0 spiro atoms. The molecule has 0 atom stereocenters. The van der Waals surface area contributed by atoms with E-state index in [1.165, 1.54) is 0 Å². The van der Waals surface area contributed by atoms with E-state index in [4.69, 9.17) is 0 Å². The van der Waals surface area contributed by atoms with E-state index >= 15 is 0 Å². The Morgan fingerprint density at radius 3 is 2.95 bits per heavy atom. The summed E-state index contributed by atoms with van der Waals surface area (Å²) in [4.78, 5) is 13.4. The summed E-state index contributed by atoms with van der Waals surface area (Å²) in [6, 6.07) is 3.85. The van der Waals surface area contributed by atoms with Crippen molar-refractivity contribution in [1.29, 1.82) is 0 Å². The Balaban J connectivity index is 1.98. The summed E-state index contributed by atoms with van der Waals surface area (Å²) in [7, 11) is 1.89. The van der Waals surface area contributed by atoms with Gasteiger partial charge in [0.15, 0.2) is 11.5 Å². The lowest BCUT2D eigenvalue weighted by Gasteiger charge is -2.08. The topological polar surface area (TPSA) is 68.5 Å². The van der Waals surface area contributed by atoms with Crippen LogP contribution in [0.2, 0.25) is 0 Å². The lowest BCUT2D eigenvalue weighted by atomic mass is 10.2. The van der Waals surface area contributed by atoms with Gasteiger partial charge in [-0.15, -0.1) is 0 Å². The van der Waals surface area contributed by atoms with Gasteiger partial charge in [-0.05, 0) is 17.9 Å². The maximum Gasteiger partial charge on any atom is 0.165 e. The van der Waals surface area contributed by atoms with E-state index in [2.05, 4.69) is 32.3 Å². The van der Waals surface area contributed by atoms with Crippen LogP contribution in [0.15, 0.2) is 30.7 Å². The number of aryl methyl sites for hydroxylation is 1. The highest BCUT2D eigenvalue weighted by Crippen LogP contribution is 2.24. The summed E-state index contributed by atoms with van der Waals surface area (Å²) in [6.45, 7) is 3.03. The fourth-order valence-corrected chi connectivity index (χ4v) is 2.70. The third-order valence-electron chi connectivity index (χ3n) is 3.25. The number of nitrogens with one attached hydrogen (secondary N) is 1. The SMILES string of the molecule is CCSCCNc1nc(-c2cccnc2)nc2c1cnn2C. The summed E-state index contributed by atoms with van der Waals surface area (Å²) in [5.74, 6) is 3.66. The average Bonchev–Trinajstić information content (AvgIpc) is 2.94. The highest BCUT2D eigenvalue weighted by atomic mass is 32.2. The molecule has 0 fully saturated rings. The Morgan fingerprint density at radius 2 is 2.18 bits per heavy atom. The zero-order valence-electron chi connectivity index (χ0n) is 12.7. The van der Waals surface area contributed by atoms with E-state index in [1.54, 1.807) is 23.3 Å². The molecule has 0 saturated carbocycles. The van der Waals surface area contributed by atoms with Crippen LogP contribution in [0, 0.1) is 0 Å². The van der Waals surface area contributed by atoms with E-state index in [1.807, 2.05) is 30.9 Å². The van der Waals surface area contributed by atoms with E-state index in [0.717, 1.165) is 40.5 Å². The van der Waals surface area contributed by atoms with Crippen LogP contribution < -0.4 is 5.32 Å². The summed E-state index contributed by atoms with van der Waals surface area (Å²) >= 11 is 1.90. The van der Waals surface area contributed by atoms with Gasteiger partial charge in [-0.2, -0.15) is 16.9 Å². The smallest absolute Gasteiger partial charge is 0.165 e. The Labute approximate surface area is 133 Å². The van der Waals surface area contributed by atoms with Gasteiger partial charge >= 0.3 is 0 Å². The first-order valence-electron chi connectivity index (χ1n) is 7.21. The number of hydrogen-bond donors (Lipinski definition) is 1. The largest absolute Gasteiger partial charge is 0.369 e. The molecule has 0 aromatic carbocycles. The van der Waals surface area contributed by atoms with E-state index < -0.39 is 0 Å². The molecule has 0 amide bonds. The van der Waals surface area contributed by atoms with Crippen LogP contribution in [0.3, 0.4) is 0 Å². The van der Waals surface area contributed by atoms with Gasteiger partial charge in [0.25, 0.3) is 0 Å². The van der Waals surface area contributed by atoms with Crippen LogP contribution in [0.4, 0.5) is 5.82 Å². The van der Waals surface area contributed by atoms with Crippen molar-refractivity contribution in [1.82, 2.24) is 24.7 Å². The van der Waals surface area contributed by atoms with E-state index in [0.29, 0.717) is 5.82 Å². The standard InChI is InChI=1S/C15H18N6S/c1-3-22-8-7-17-14-12-10-18-21(2)15(12)20-13(19-14)11-5-4-6-16-9-11/h4-6,9-10H,3,7-8H2,1-2H3,(H,17,19,20). The van der Waals surface area contributed by atoms with Gasteiger partial charge in [0.1, 0.15) is 5.82 Å². The van der Waals surface area contributed by atoms with Crippen molar-refractivity contribution in [2.75, 3.05) is 23.4 Å². The van der Waals surface area contributed by atoms with Crippen molar-refractivity contribution in [3.8, 4) is 11.4 Å². The van der Waals surface area contributed by atoms with Crippen molar-refractivity contribution in [2.45, 2.75) is 6.92 Å². The lowest BCUT2D eigenvalue weighted by Crippen LogP contribution is -2.08. The number of rotatable bonds is 6. The van der Waals surface area contributed by atoms with Crippen LogP contribution >= 0.6 is 11.8 Å². The van der Waals surface area contributed by atoms with Gasteiger partial charge in [0, 0.05) is 37.3 Å². The molecular weight excluding hydrogens is 296 g/mol. The molecule has 1 N–H and O–H groups in total. The molecule has 7 heteroatoms. The van der Waals surface area contributed by atoms with Crippen LogP contribution in [-0.2, 0) is 7.05 Å².